The van der Waals surface area contributed by atoms with Gasteiger partial charge in [0, 0.05) is 5.69 Å². The molecule has 2 rings (SSSR count). The van der Waals surface area contributed by atoms with Crippen LogP contribution in [0.3, 0.4) is 0 Å². The maximum atomic E-state index is 6.23. The second-order valence-electron chi connectivity index (χ2n) is 5.17. The maximum Gasteiger partial charge on any atom is 0.170 e. The van der Waals surface area contributed by atoms with Gasteiger partial charge in [0.05, 0.1) is 25.1 Å². The molecule has 126 valence electrons. The number of hydrogen-bond acceptors (Lipinski definition) is 7. The molecule has 1 aromatic carbocycles. The minimum atomic E-state index is -0.157. The lowest BCUT2D eigenvalue weighted by Crippen LogP contribution is -2.35. The number of ether oxygens (including phenoxy) is 1. The highest BCUT2D eigenvalue weighted by Gasteiger charge is 2.18. The lowest BCUT2D eigenvalue weighted by atomic mass is 10.1. The van der Waals surface area contributed by atoms with Gasteiger partial charge in [-0.25, -0.2) is 15.8 Å². The molecule has 0 fully saturated rings. The van der Waals surface area contributed by atoms with Crippen molar-refractivity contribution in [1.29, 1.82) is 0 Å². The number of benzene rings is 1. The number of rotatable bonds is 6. The van der Waals surface area contributed by atoms with Crippen molar-refractivity contribution < 1.29 is 4.74 Å². The molecule has 2 aromatic rings. The van der Waals surface area contributed by atoms with E-state index in [2.05, 4.69) is 9.97 Å². The Labute approximate surface area is 141 Å². The Balaban J connectivity index is 2.27. The van der Waals surface area contributed by atoms with Crippen LogP contribution in [0.25, 0.3) is 6.08 Å². The molecule has 1 heterocycles. The summed E-state index contributed by atoms with van der Waals surface area (Å²) in [5.74, 6) is 6.68. The van der Waals surface area contributed by atoms with Gasteiger partial charge >= 0.3 is 0 Å². The van der Waals surface area contributed by atoms with Crippen LogP contribution in [-0.4, -0.2) is 17.1 Å². The van der Waals surface area contributed by atoms with Crippen LogP contribution in [-0.2, 0) is 4.74 Å². The van der Waals surface area contributed by atoms with Crippen LogP contribution in [0.1, 0.15) is 24.2 Å². The summed E-state index contributed by atoms with van der Waals surface area (Å²) in [5.41, 5.74) is 14.6. The van der Waals surface area contributed by atoms with Crippen molar-refractivity contribution in [2.24, 2.45) is 5.84 Å². The molecular formula is C17H22N6O. The number of nitrogens with two attached hydrogens (primary N) is 3. The molecule has 0 spiro atoms. The Hall–Kier alpha value is -3.06. The summed E-state index contributed by atoms with van der Waals surface area (Å²) in [6.07, 6.45) is 8.24. The molecule has 0 aliphatic heterocycles. The highest BCUT2D eigenvalue weighted by molar-refractivity contribution is 5.73. The molecule has 6 N–H and O–H groups in total. The van der Waals surface area contributed by atoms with E-state index in [0.29, 0.717) is 22.9 Å². The van der Waals surface area contributed by atoms with Crippen molar-refractivity contribution in [3.63, 3.8) is 0 Å². The van der Waals surface area contributed by atoms with Gasteiger partial charge in [0.25, 0.3) is 0 Å². The van der Waals surface area contributed by atoms with Gasteiger partial charge in [0.2, 0.25) is 0 Å². The normalized spacial score (nSPS) is 12.6. The molecule has 0 saturated carbocycles. The molecule has 0 bridgehead atoms. The number of hydrazine groups is 1. The highest BCUT2D eigenvalue weighted by atomic mass is 16.5. The van der Waals surface area contributed by atoms with E-state index in [1.54, 1.807) is 31.6 Å². The van der Waals surface area contributed by atoms with E-state index < -0.39 is 0 Å². The highest BCUT2D eigenvalue weighted by Crippen LogP contribution is 2.28. The molecule has 7 heteroatoms. The van der Waals surface area contributed by atoms with Crippen LogP contribution in [0.4, 0.5) is 17.2 Å². The molecule has 0 aliphatic carbocycles. The number of allylic oxidation sites excluding steroid dienone is 2. The topological polar surface area (TPSA) is 116 Å². The van der Waals surface area contributed by atoms with Gasteiger partial charge in [0.15, 0.2) is 5.82 Å². The van der Waals surface area contributed by atoms with Crippen LogP contribution in [0.5, 0.6) is 0 Å². The maximum absolute atomic E-state index is 6.23. The molecule has 0 radical (unpaired) electrons. The van der Waals surface area contributed by atoms with Crippen LogP contribution >= 0.6 is 0 Å². The Morgan fingerprint density at radius 2 is 2.00 bits per heavy atom. The summed E-state index contributed by atoms with van der Waals surface area (Å²) < 4.78 is 4.83. The summed E-state index contributed by atoms with van der Waals surface area (Å²) in [4.78, 5) is 8.37. The predicted octanol–water partition coefficient (Wildman–Crippen LogP) is 2.26. The molecule has 24 heavy (non-hydrogen) atoms. The molecule has 0 aliphatic rings. The average Bonchev–Trinajstić information content (AvgIpc) is 2.59. The van der Waals surface area contributed by atoms with E-state index in [0.717, 1.165) is 5.56 Å². The van der Waals surface area contributed by atoms with E-state index in [9.17, 15) is 0 Å². The lowest BCUT2D eigenvalue weighted by molar-refractivity contribution is 0.338. The van der Waals surface area contributed by atoms with E-state index in [1.807, 2.05) is 31.2 Å². The smallest absolute Gasteiger partial charge is 0.170 e. The SMILES string of the molecule is CO/C=C\C=C\c1ncnc(N(N)C(C)c2cccc(N)c2)c1N. The molecule has 0 saturated heterocycles. The zero-order valence-corrected chi connectivity index (χ0v) is 13.8. The van der Waals surface area contributed by atoms with Crippen LogP contribution < -0.4 is 22.3 Å². The van der Waals surface area contributed by atoms with Gasteiger partial charge in [-0.05, 0) is 36.8 Å². The zero-order chi connectivity index (χ0) is 17.5. The van der Waals surface area contributed by atoms with E-state index in [1.165, 1.54) is 11.3 Å². The van der Waals surface area contributed by atoms with Gasteiger partial charge in [-0.2, -0.15) is 0 Å². The molecule has 1 unspecified atom stereocenters. The standard InChI is InChI=1S/C17H22N6O/c1-12(13-6-5-7-14(18)10-13)23(20)17-16(19)15(21-11-22-17)8-3-4-9-24-2/h3-12H,18-20H2,1-2H3/b8-3+,9-4-. The number of hydrogen-bond donors (Lipinski definition) is 3. The largest absolute Gasteiger partial charge is 0.504 e. The fourth-order valence-electron chi connectivity index (χ4n) is 2.17. The first-order chi connectivity index (χ1) is 11.5. The number of methoxy groups -OCH3 is 1. The second kappa shape index (κ2) is 7.98. The summed E-state index contributed by atoms with van der Waals surface area (Å²) in [6.45, 7) is 1.95. The first-order valence-corrected chi connectivity index (χ1v) is 7.40. The minimum absolute atomic E-state index is 0.157. The minimum Gasteiger partial charge on any atom is -0.504 e. The van der Waals surface area contributed by atoms with Gasteiger partial charge in [-0.3, -0.25) is 5.01 Å². The summed E-state index contributed by atoms with van der Waals surface area (Å²) in [5, 5.41) is 1.51. The molecule has 1 atom stereocenters. The molecule has 0 amide bonds. The Kier molecular flexibility index (Phi) is 5.75. The fourth-order valence-corrected chi connectivity index (χ4v) is 2.17. The van der Waals surface area contributed by atoms with Gasteiger partial charge < -0.3 is 16.2 Å². The van der Waals surface area contributed by atoms with E-state index >= 15 is 0 Å². The summed E-state index contributed by atoms with van der Waals surface area (Å²) in [7, 11) is 1.57. The third kappa shape index (κ3) is 4.02. The third-order valence-electron chi connectivity index (χ3n) is 3.53. The lowest BCUT2D eigenvalue weighted by Gasteiger charge is -2.26. The van der Waals surface area contributed by atoms with Gasteiger partial charge in [-0.15, -0.1) is 0 Å². The van der Waals surface area contributed by atoms with E-state index in [4.69, 9.17) is 22.0 Å². The number of aromatic nitrogens is 2. The molecular weight excluding hydrogens is 304 g/mol. The van der Waals surface area contributed by atoms with Crippen molar-refractivity contribution in [2.75, 3.05) is 23.6 Å². The third-order valence-corrected chi connectivity index (χ3v) is 3.53. The monoisotopic (exact) mass is 326 g/mol. The second-order valence-corrected chi connectivity index (χ2v) is 5.17. The number of nitrogens with zero attached hydrogens (tertiary/aromatic N) is 3. The predicted molar refractivity (Wildman–Crippen MR) is 97.6 cm³/mol. The fraction of sp³-hybridized carbons (Fsp3) is 0.176. The van der Waals surface area contributed by atoms with Crippen molar-refractivity contribution in [1.82, 2.24) is 9.97 Å². The van der Waals surface area contributed by atoms with Crippen LogP contribution in [0.15, 0.2) is 49.0 Å². The first kappa shape index (κ1) is 17.3. The zero-order valence-electron chi connectivity index (χ0n) is 13.8. The van der Waals surface area contributed by atoms with Crippen molar-refractivity contribution in [2.45, 2.75) is 13.0 Å². The van der Waals surface area contributed by atoms with Crippen molar-refractivity contribution in [3.05, 3.63) is 60.3 Å². The number of anilines is 3. The van der Waals surface area contributed by atoms with Gasteiger partial charge in [0.1, 0.15) is 12.0 Å². The van der Waals surface area contributed by atoms with Crippen LogP contribution in [0, 0.1) is 0 Å². The van der Waals surface area contributed by atoms with Crippen molar-refractivity contribution in [3.8, 4) is 0 Å². The Bertz CT molecular complexity index is 744. The summed E-state index contributed by atoms with van der Waals surface area (Å²) >= 11 is 0. The Morgan fingerprint density at radius 1 is 1.21 bits per heavy atom. The number of nitrogen functional groups attached to an aromatic ring is 2. The van der Waals surface area contributed by atoms with E-state index in [-0.39, 0.29) is 6.04 Å². The van der Waals surface area contributed by atoms with Gasteiger partial charge in [-0.1, -0.05) is 18.2 Å². The molecule has 1 aromatic heterocycles. The Morgan fingerprint density at radius 3 is 2.71 bits per heavy atom. The first-order valence-electron chi connectivity index (χ1n) is 7.40. The molecule has 7 nitrogen and oxygen atoms in total. The van der Waals surface area contributed by atoms with Crippen molar-refractivity contribution >= 4 is 23.3 Å². The average molecular weight is 326 g/mol. The summed E-state index contributed by atoms with van der Waals surface area (Å²) in [6, 6.07) is 7.38. The quantitative estimate of drug-likeness (QED) is 0.245. The van der Waals surface area contributed by atoms with Crippen LogP contribution in [0.2, 0.25) is 0 Å².